The second-order valence-corrected chi connectivity index (χ2v) is 8.54. The number of aliphatic imine (C=N–C) groups is 1. The van der Waals surface area contributed by atoms with Gasteiger partial charge in [-0.25, -0.2) is 9.79 Å². The van der Waals surface area contributed by atoms with E-state index in [1.165, 1.54) is 0 Å². The molecule has 1 heterocycles. The molecule has 1 aromatic rings. The number of nitrogens with two attached hydrogens (primary N) is 3. The van der Waals surface area contributed by atoms with Gasteiger partial charge in [-0.2, -0.15) is 0 Å². The molecule has 0 saturated heterocycles. The molecule has 37 heavy (non-hydrogen) atoms. The number of primary amides is 1. The summed E-state index contributed by atoms with van der Waals surface area (Å²) in [4.78, 5) is 51.4. The molecule has 0 aliphatic carbocycles. The lowest BCUT2D eigenvalue weighted by Gasteiger charge is -2.18. The lowest BCUT2D eigenvalue weighted by atomic mass is 10.1. The number of carboxylic acids is 1. The van der Waals surface area contributed by atoms with Crippen molar-refractivity contribution in [3.63, 3.8) is 0 Å². The Morgan fingerprint density at radius 2 is 1.81 bits per heavy atom. The number of anilines is 1. The van der Waals surface area contributed by atoms with Crippen LogP contribution in [0.2, 0.25) is 0 Å². The molecule has 0 saturated carbocycles. The molecule has 0 fully saturated rings. The highest BCUT2D eigenvalue weighted by Crippen LogP contribution is 2.12. The second kappa shape index (κ2) is 15.1. The van der Waals surface area contributed by atoms with Crippen LogP contribution in [0.15, 0.2) is 40.8 Å². The number of carboxylic acid groups (broad SMARTS) is 1. The van der Waals surface area contributed by atoms with Crippen molar-refractivity contribution in [3.8, 4) is 0 Å². The molecule has 13 nitrogen and oxygen atoms in total. The van der Waals surface area contributed by atoms with Gasteiger partial charge in [0.2, 0.25) is 5.91 Å². The molecule has 1 aromatic carbocycles. The fourth-order valence-corrected chi connectivity index (χ4v) is 3.49. The highest BCUT2D eigenvalue weighted by Gasteiger charge is 2.20. The number of hydrogen-bond acceptors (Lipinski definition) is 9. The topological polar surface area (TPSA) is 227 Å². The molecule has 0 radical (unpaired) electrons. The molecule has 11 N–H and O–H groups in total. The third-order valence-electron chi connectivity index (χ3n) is 5.59. The Kier molecular flexibility index (Phi) is 11.9. The molecule has 13 heteroatoms. The number of benzene rings is 1. The highest BCUT2D eigenvalue weighted by molar-refractivity contribution is 6.00. The van der Waals surface area contributed by atoms with Crippen LogP contribution in [0.25, 0.3) is 0 Å². The third kappa shape index (κ3) is 10.2. The van der Waals surface area contributed by atoms with Crippen molar-refractivity contribution in [2.75, 3.05) is 31.5 Å². The highest BCUT2D eigenvalue weighted by atomic mass is 16.4. The number of nitrogens with zero attached hydrogens (tertiary/aromatic N) is 1. The fourth-order valence-electron chi connectivity index (χ4n) is 3.49. The summed E-state index contributed by atoms with van der Waals surface area (Å²) < 4.78 is 0. The average molecular weight is 517 g/mol. The predicted octanol–water partition coefficient (Wildman–Crippen LogP) is -0.646. The maximum Gasteiger partial charge on any atom is 0.326 e. The Hall–Kier alpha value is -4.13. The number of amides is 3. The SMILES string of the molecule is NCCCCC(=O)NCCCCC(NC(=O)c1ccc(NCC2=NC(C(N)=O)=C(N)NC2)cc1)C(=O)O. The monoisotopic (exact) mass is 516 g/mol. The Bertz CT molecular complexity index is 1020. The van der Waals surface area contributed by atoms with Gasteiger partial charge < -0.3 is 43.6 Å². The zero-order valence-electron chi connectivity index (χ0n) is 20.7. The minimum atomic E-state index is -1.12. The molecule has 1 unspecified atom stereocenters. The van der Waals surface area contributed by atoms with E-state index in [0.29, 0.717) is 62.4 Å². The second-order valence-electron chi connectivity index (χ2n) is 8.54. The smallest absolute Gasteiger partial charge is 0.326 e. The van der Waals surface area contributed by atoms with Crippen LogP contribution in [0.1, 0.15) is 48.9 Å². The van der Waals surface area contributed by atoms with Gasteiger partial charge in [0.25, 0.3) is 11.8 Å². The molecular formula is C24H36N8O5. The van der Waals surface area contributed by atoms with Crippen LogP contribution in [-0.4, -0.2) is 66.7 Å². The molecule has 0 spiro atoms. The van der Waals surface area contributed by atoms with Gasteiger partial charge in [-0.1, -0.05) is 0 Å². The number of aliphatic carboxylic acids is 1. The number of carbonyl (C=O) groups excluding carboxylic acids is 3. The van der Waals surface area contributed by atoms with E-state index in [-0.39, 0.29) is 23.8 Å². The van der Waals surface area contributed by atoms with Crippen molar-refractivity contribution >= 4 is 35.1 Å². The van der Waals surface area contributed by atoms with Crippen molar-refractivity contribution < 1.29 is 24.3 Å². The number of nitrogens with one attached hydrogen (secondary N) is 4. The maximum absolute atomic E-state index is 12.6. The zero-order valence-corrected chi connectivity index (χ0v) is 20.7. The molecule has 1 atom stereocenters. The van der Waals surface area contributed by atoms with E-state index in [1.807, 2.05) is 0 Å². The Morgan fingerprint density at radius 1 is 1.08 bits per heavy atom. The van der Waals surface area contributed by atoms with Crippen molar-refractivity contribution in [3.05, 3.63) is 41.3 Å². The molecular weight excluding hydrogens is 480 g/mol. The summed E-state index contributed by atoms with van der Waals surface area (Å²) in [7, 11) is 0. The van der Waals surface area contributed by atoms with Crippen molar-refractivity contribution in [1.82, 2.24) is 16.0 Å². The number of unbranched alkanes of at least 4 members (excludes halogenated alkanes) is 2. The largest absolute Gasteiger partial charge is 0.480 e. The van der Waals surface area contributed by atoms with Gasteiger partial charge in [0.1, 0.15) is 11.9 Å². The minimum absolute atomic E-state index is 0.0221. The Morgan fingerprint density at radius 3 is 2.46 bits per heavy atom. The zero-order chi connectivity index (χ0) is 27.2. The fraction of sp³-hybridized carbons (Fsp3) is 0.458. The van der Waals surface area contributed by atoms with Crippen molar-refractivity contribution in [1.29, 1.82) is 0 Å². The lowest BCUT2D eigenvalue weighted by molar-refractivity contribution is -0.139. The van der Waals surface area contributed by atoms with Gasteiger partial charge >= 0.3 is 5.97 Å². The molecule has 0 bridgehead atoms. The molecule has 1 aliphatic heterocycles. The van der Waals surface area contributed by atoms with Crippen LogP contribution >= 0.6 is 0 Å². The summed E-state index contributed by atoms with van der Waals surface area (Å²) in [6.07, 6.45) is 3.34. The van der Waals surface area contributed by atoms with E-state index < -0.39 is 23.8 Å². The summed E-state index contributed by atoms with van der Waals surface area (Å²) in [6.45, 7) is 1.68. The van der Waals surface area contributed by atoms with E-state index in [4.69, 9.17) is 17.2 Å². The maximum atomic E-state index is 12.6. The van der Waals surface area contributed by atoms with Crippen molar-refractivity contribution in [2.24, 2.45) is 22.2 Å². The van der Waals surface area contributed by atoms with Gasteiger partial charge in [0.15, 0.2) is 5.70 Å². The Balaban J connectivity index is 1.78. The van der Waals surface area contributed by atoms with E-state index in [1.54, 1.807) is 24.3 Å². The lowest BCUT2D eigenvalue weighted by Crippen LogP contribution is -2.40. The van der Waals surface area contributed by atoms with E-state index in [0.717, 1.165) is 12.8 Å². The predicted molar refractivity (Wildman–Crippen MR) is 139 cm³/mol. The van der Waals surface area contributed by atoms with Gasteiger partial charge in [-0.15, -0.1) is 0 Å². The first kappa shape index (κ1) is 29.1. The first-order valence-corrected chi connectivity index (χ1v) is 12.2. The van der Waals surface area contributed by atoms with Gasteiger partial charge in [-0.05, 0) is 62.9 Å². The average Bonchev–Trinajstić information content (AvgIpc) is 2.87. The summed E-state index contributed by atoms with van der Waals surface area (Å²) in [5.41, 5.74) is 17.9. The quantitative estimate of drug-likeness (QED) is 0.130. The molecule has 202 valence electrons. The van der Waals surface area contributed by atoms with Crippen LogP contribution in [-0.2, 0) is 14.4 Å². The summed E-state index contributed by atoms with van der Waals surface area (Å²) in [5.74, 6) is -2.26. The molecule has 1 aliphatic rings. The summed E-state index contributed by atoms with van der Waals surface area (Å²) in [5, 5.41) is 20.8. The third-order valence-corrected chi connectivity index (χ3v) is 5.59. The standard InChI is InChI=1S/C24H36N8O5/c25-11-3-1-6-19(33)28-12-4-2-5-18(24(36)37)32-23(35)15-7-9-16(10-8-15)29-13-17-14-30-21(26)20(31-17)22(27)34/h7-10,18,29-30H,1-6,11-14,25-26H2,(H2,27,34)(H,28,33)(H,32,35)(H,36,37). The molecule has 2 rings (SSSR count). The van der Waals surface area contributed by atoms with Gasteiger partial charge in [0.05, 0.1) is 18.8 Å². The first-order valence-electron chi connectivity index (χ1n) is 12.2. The number of rotatable bonds is 16. The van der Waals surface area contributed by atoms with Crippen LogP contribution < -0.4 is 38.5 Å². The van der Waals surface area contributed by atoms with Crippen molar-refractivity contribution in [2.45, 2.75) is 44.6 Å². The van der Waals surface area contributed by atoms with Crippen LogP contribution in [0.3, 0.4) is 0 Å². The van der Waals surface area contributed by atoms with Gasteiger partial charge in [0, 0.05) is 24.2 Å². The van der Waals surface area contributed by atoms with Crippen LogP contribution in [0.5, 0.6) is 0 Å². The summed E-state index contributed by atoms with van der Waals surface area (Å²) in [6, 6.07) is 5.46. The van der Waals surface area contributed by atoms with Crippen LogP contribution in [0, 0.1) is 0 Å². The Labute approximate surface area is 215 Å². The van der Waals surface area contributed by atoms with E-state index in [9.17, 15) is 24.3 Å². The van der Waals surface area contributed by atoms with E-state index in [2.05, 4.69) is 26.3 Å². The minimum Gasteiger partial charge on any atom is -0.480 e. The molecule has 0 aromatic heterocycles. The molecule has 3 amide bonds. The van der Waals surface area contributed by atoms with E-state index >= 15 is 0 Å². The first-order chi connectivity index (χ1) is 17.7. The summed E-state index contributed by atoms with van der Waals surface area (Å²) >= 11 is 0. The van der Waals surface area contributed by atoms with Crippen LogP contribution in [0.4, 0.5) is 5.69 Å². The number of hydrogen-bond donors (Lipinski definition) is 8. The van der Waals surface area contributed by atoms with Gasteiger partial charge in [-0.3, -0.25) is 14.4 Å². The number of carbonyl (C=O) groups is 4. The normalized spacial score (nSPS) is 13.7.